The molecular weight excluding hydrogens is 180 g/mol. The monoisotopic (exact) mass is 192 g/mol. The third-order valence-corrected chi connectivity index (χ3v) is 3.09. The van der Waals surface area contributed by atoms with Gasteiger partial charge >= 0.3 is 15.0 Å². The topological polar surface area (TPSA) is 54.0 Å². The summed E-state index contributed by atoms with van der Waals surface area (Å²) in [6, 6.07) is 0. The lowest BCUT2D eigenvalue weighted by Crippen LogP contribution is -2.47. The molecule has 0 spiro atoms. The van der Waals surface area contributed by atoms with Crippen molar-refractivity contribution in [1.29, 1.82) is 0 Å². The van der Waals surface area contributed by atoms with Crippen molar-refractivity contribution in [2.24, 2.45) is 0 Å². The van der Waals surface area contributed by atoms with Crippen LogP contribution in [0.3, 0.4) is 0 Å². The lowest BCUT2D eigenvalue weighted by Gasteiger charge is -2.21. The molecule has 0 aliphatic carbocycles. The van der Waals surface area contributed by atoms with Gasteiger partial charge in [0.1, 0.15) is 0 Å². The number of carbonyl (C=O) groups excluding carboxylic acids is 1. The van der Waals surface area contributed by atoms with Crippen molar-refractivity contribution in [3.8, 4) is 0 Å². The van der Waals surface area contributed by atoms with E-state index in [-0.39, 0.29) is 0 Å². The van der Waals surface area contributed by atoms with Gasteiger partial charge in [-0.25, -0.2) is 4.79 Å². The molecule has 70 valence electrons. The smallest absolute Gasteiger partial charge is 0.449 e. The van der Waals surface area contributed by atoms with Crippen LogP contribution < -0.4 is 0 Å². The summed E-state index contributed by atoms with van der Waals surface area (Å²) < 4.78 is 19.2. The first-order valence-corrected chi connectivity index (χ1v) is 4.78. The maximum Gasteiger partial charge on any atom is 0.751 e. The van der Waals surface area contributed by atoms with Gasteiger partial charge in [0.2, 0.25) is 0 Å². The maximum atomic E-state index is 10.8. The van der Waals surface area contributed by atoms with E-state index in [9.17, 15) is 4.79 Å². The second-order valence-electron chi connectivity index (χ2n) is 1.74. The summed E-state index contributed by atoms with van der Waals surface area (Å²) in [5, 5.41) is 0. The van der Waals surface area contributed by atoms with Crippen molar-refractivity contribution in [2.75, 3.05) is 21.3 Å². The Morgan fingerprint density at radius 3 is 1.92 bits per heavy atom. The first kappa shape index (κ1) is 11.3. The van der Waals surface area contributed by atoms with E-state index in [1.54, 1.807) is 0 Å². The molecule has 0 atom stereocenters. The first-order valence-electron chi connectivity index (χ1n) is 3.15. The summed E-state index contributed by atoms with van der Waals surface area (Å²) in [7, 11) is 0.806. The van der Waals surface area contributed by atoms with Gasteiger partial charge in [0.25, 0.3) is 0 Å². The van der Waals surface area contributed by atoms with Gasteiger partial charge in [-0.2, -0.15) is 0 Å². The van der Waals surface area contributed by atoms with E-state index in [2.05, 4.69) is 6.58 Å². The average molecular weight is 192 g/mol. The minimum atomic E-state index is -3.22. The molecule has 0 amide bonds. The average Bonchev–Trinajstić information content (AvgIpc) is 2.14. The number of hydrogen-bond acceptors (Lipinski definition) is 5. The molecule has 0 bridgehead atoms. The van der Waals surface area contributed by atoms with Crippen molar-refractivity contribution in [3.05, 3.63) is 12.7 Å². The van der Waals surface area contributed by atoms with Crippen LogP contribution in [0, 0.1) is 0 Å². The summed E-state index contributed by atoms with van der Waals surface area (Å²) in [6.07, 6.45) is 1.01. The highest BCUT2D eigenvalue weighted by Crippen LogP contribution is 2.07. The van der Waals surface area contributed by atoms with Crippen LogP contribution in [-0.4, -0.2) is 36.3 Å². The molecule has 0 aromatic rings. The first-order chi connectivity index (χ1) is 5.64. The van der Waals surface area contributed by atoms with Gasteiger partial charge in [-0.15, -0.1) is 0 Å². The predicted molar refractivity (Wildman–Crippen MR) is 43.1 cm³/mol. The lowest BCUT2D eigenvalue weighted by atomic mass is 10.7. The zero-order valence-corrected chi connectivity index (χ0v) is 8.33. The minimum absolute atomic E-state index is 0.632. The van der Waals surface area contributed by atoms with E-state index in [1.165, 1.54) is 21.3 Å². The van der Waals surface area contributed by atoms with Crippen LogP contribution in [0.25, 0.3) is 0 Å². The quantitative estimate of drug-likeness (QED) is 0.456. The molecule has 0 radical (unpaired) electrons. The Morgan fingerprint density at radius 2 is 1.67 bits per heavy atom. The van der Waals surface area contributed by atoms with Crippen molar-refractivity contribution < 1.29 is 22.5 Å². The van der Waals surface area contributed by atoms with E-state index in [0.29, 0.717) is 0 Å². The molecular formula is C6H12O5Si. The van der Waals surface area contributed by atoms with Crippen molar-refractivity contribution in [3.63, 3.8) is 0 Å². The zero-order chi connectivity index (χ0) is 9.61. The highest BCUT2D eigenvalue weighted by molar-refractivity contribution is 6.55. The third-order valence-electron chi connectivity index (χ3n) is 1.14. The van der Waals surface area contributed by atoms with E-state index < -0.39 is 15.0 Å². The molecule has 12 heavy (non-hydrogen) atoms. The van der Waals surface area contributed by atoms with Gasteiger partial charge in [0.05, 0.1) is 0 Å². The molecule has 0 saturated carbocycles. The Labute approximate surface area is 72.4 Å². The number of hydrogen-bond donors (Lipinski definition) is 0. The van der Waals surface area contributed by atoms with Gasteiger partial charge in [-0.05, 0) is 0 Å². The lowest BCUT2D eigenvalue weighted by molar-refractivity contribution is -0.137. The Bertz CT molecular complexity index is 157. The van der Waals surface area contributed by atoms with E-state index >= 15 is 0 Å². The number of carbonyl (C=O) groups is 1. The van der Waals surface area contributed by atoms with Gasteiger partial charge < -0.3 is 17.7 Å². The predicted octanol–water partition coefficient (Wildman–Crippen LogP) is 0.0904. The van der Waals surface area contributed by atoms with E-state index in [4.69, 9.17) is 17.7 Å². The van der Waals surface area contributed by atoms with Crippen LogP contribution in [0.2, 0.25) is 0 Å². The van der Waals surface area contributed by atoms with Crippen LogP contribution in [0.1, 0.15) is 0 Å². The molecule has 0 N–H and O–H groups in total. The molecule has 5 nitrogen and oxygen atoms in total. The van der Waals surface area contributed by atoms with Crippen LogP contribution in [0.5, 0.6) is 0 Å². The second-order valence-corrected chi connectivity index (χ2v) is 4.17. The van der Waals surface area contributed by atoms with E-state index in [0.717, 1.165) is 6.08 Å². The van der Waals surface area contributed by atoms with Gasteiger partial charge in [0.15, 0.2) is 0 Å². The minimum Gasteiger partial charge on any atom is -0.449 e. The van der Waals surface area contributed by atoms with Crippen LogP contribution in [0.15, 0.2) is 12.7 Å². The Morgan fingerprint density at radius 1 is 1.25 bits per heavy atom. The fourth-order valence-electron chi connectivity index (χ4n) is 0.540. The normalized spacial score (nSPS) is 10.9. The Hall–Kier alpha value is -0.693. The Balaban J connectivity index is 4.29. The Kier molecular flexibility index (Phi) is 4.75. The summed E-state index contributed by atoms with van der Waals surface area (Å²) in [6.45, 7) is 3.23. The van der Waals surface area contributed by atoms with Crippen molar-refractivity contribution >= 4 is 15.0 Å². The summed E-state index contributed by atoms with van der Waals surface area (Å²) in [5.74, 6) is -0.632. The molecule has 0 aliphatic rings. The van der Waals surface area contributed by atoms with Gasteiger partial charge in [-0.3, -0.25) is 0 Å². The molecule has 0 rings (SSSR count). The second kappa shape index (κ2) is 5.04. The van der Waals surface area contributed by atoms with Gasteiger partial charge in [-0.1, -0.05) is 6.58 Å². The number of rotatable bonds is 5. The molecule has 0 unspecified atom stereocenters. The largest absolute Gasteiger partial charge is 0.751 e. The molecule has 0 aliphatic heterocycles. The molecule has 6 heteroatoms. The fraction of sp³-hybridized carbons (Fsp3) is 0.500. The summed E-state index contributed by atoms with van der Waals surface area (Å²) in [4.78, 5) is 10.8. The standard InChI is InChI=1S/C6H12O5Si/c1-5-6(7)11-12(8-2,9-3)10-4/h5H,1H2,2-4H3. The molecule has 0 aromatic carbocycles. The van der Waals surface area contributed by atoms with E-state index in [1.807, 2.05) is 0 Å². The van der Waals surface area contributed by atoms with Crippen LogP contribution >= 0.6 is 0 Å². The molecule has 0 saturated heterocycles. The molecule has 0 heterocycles. The third kappa shape index (κ3) is 2.74. The highest BCUT2D eigenvalue weighted by Gasteiger charge is 2.46. The van der Waals surface area contributed by atoms with Crippen molar-refractivity contribution in [1.82, 2.24) is 0 Å². The van der Waals surface area contributed by atoms with Gasteiger partial charge in [0, 0.05) is 27.4 Å². The highest BCUT2D eigenvalue weighted by atomic mass is 28.4. The van der Waals surface area contributed by atoms with Crippen LogP contribution in [-0.2, 0) is 22.5 Å². The summed E-state index contributed by atoms with van der Waals surface area (Å²) in [5.41, 5.74) is 0. The fourth-order valence-corrected chi connectivity index (χ4v) is 1.62. The van der Waals surface area contributed by atoms with Crippen molar-refractivity contribution in [2.45, 2.75) is 0 Å². The zero-order valence-electron chi connectivity index (χ0n) is 7.33. The SMILES string of the molecule is C=CC(=O)O[Si](OC)(OC)OC. The maximum absolute atomic E-state index is 10.8. The molecule has 0 fully saturated rings. The molecule has 0 aromatic heterocycles. The van der Waals surface area contributed by atoms with Crippen LogP contribution in [0.4, 0.5) is 0 Å². The summed E-state index contributed by atoms with van der Waals surface area (Å²) >= 11 is 0.